The van der Waals surface area contributed by atoms with E-state index in [1.807, 2.05) is 4.90 Å². The molecular weight excluding hydrogens is 252 g/mol. The van der Waals surface area contributed by atoms with Gasteiger partial charge in [0.2, 0.25) is 15.9 Å². The van der Waals surface area contributed by atoms with Crippen LogP contribution in [0.1, 0.15) is 32.1 Å². The van der Waals surface area contributed by atoms with Crippen molar-refractivity contribution in [1.29, 1.82) is 0 Å². The maximum atomic E-state index is 12.1. The minimum absolute atomic E-state index is 0.204. The highest BCUT2D eigenvalue weighted by Gasteiger charge is 2.27. The maximum Gasteiger partial charge on any atom is 0.222 e. The number of sulfonamides is 1. The Hall–Kier alpha value is -0.620. The fraction of sp³-hybridized carbons (Fsp3) is 0.917. The van der Waals surface area contributed by atoms with Gasteiger partial charge in [0.25, 0.3) is 0 Å². The van der Waals surface area contributed by atoms with Gasteiger partial charge in [0.1, 0.15) is 0 Å². The molecule has 5 nitrogen and oxygen atoms in total. The Morgan fingerprint density at radius 1 is 1.11 bits per heavy atom. The van der Waals surface area contributed by atoms with Crippen LogP contribution in [0.15, 0.2) is 0 Å². The molecule has 0 bridgehead atoms. The Kier molecular flexibility index (Phi) is 4.27. The van der Waals surface area contributed by atoms with E-state index in [1.54, 1.807) is 0 Å². The molecule has 18 heavy (non-hydrogen) atoms. The van der Waals surface area contributed by atoms with Gasteiger partial charge in [-0.3, -0.25) is 4.79 Å². The van der Waals surface area contributed by atoms with Crippen LogP contribution in [-0.4, -0.2) is 56.0 Å². The van der Waals surface area contributed by atoms with E-state index in [1.165, 1.54) is 36.2 Å². The highest BCUT2D eigenvalue weighted by molar-refractivity contribution is 7.88. The van der Waals surface area contributed by atoms with Crippen LogP contribution in [0.5, 0.6) is 0 Å². The smallest absolute Gasteiger partial charge is 0.222 e. The van der Waals surface area contributed by atoms with Crippen LogP contribution in [0, 0.1) is 5.92 Å². The lowest BCUT2D eigenvalue weighted by Gasteiger charge is -2.33. The molecule has 0 spiro atoms. The number of hydrogen-bond donors (Lipinski definition) is 0. The SMILES string of the molecule is CS(=O)(=O)N1CCN(C(=O)CC2CCCC2)CC1. The Balaban J connectivity index is 1.80. The topological polar surface area (TPSA) is 57.7 Å². The molecule has 0 unspecified atom stereocenters. The molecule has 1 saturated heterocycles. The van der Waals surface area contributed by atoms with E-state index in [0.29, 0.717) is 38.5 Å². The number of carbonyl (C=O) groups excluding carboxylic acids is 1. The zero-order valence-corrected chi connectivity index (χ0v) is 11.8. The Labute approximate surface area is 109 Å². The van der Waals surface area contributed by atoms with Crippen LogP contribution in [0.4, 0.5) is 0 Å². The lowest BCUT2D eigenvalue weighted by molar-refractivity contribution is -0.133. The second-order valence-electron chi connectivity index (χ2n) is 5.40. The Morgan fingerprint density at radius 2 is 1.67 bits per heavy atom. The minimum Gasteiger partial charge on any atom is -0.340 e. The molecule has 1 aliphatic carbocycles. The van der Waals surface area contributed by atoms with E-state index in [4.69, 9.17) is 0 Å². The van der Waals surface area contributed by atoms with Crippen molar-refractivity contribution >= 4 is 15.9 Å². The molecule has 2 rings (SSSR count). The molecule has 0 radical (unpaired) electrons. The van der Waals surface area contributed by atoms with Crippen molar-refractivity contribution in [2.45, 2.75) is 32.1 Å². The molecule has 1 aliphatic heterocycles. The van der Waals surface area contributed by atoms with E-state index in [0.717, 1.165) is 0 Å². The standard InChI is InChI=1S/C12H22N2O3S/c1-18(16,17)14-8-6-13(7-9-14)12(15)10-11-4-2-3-5-11/h11H,2-10H2,1H3. The van der Waals surface area contributed by atoms with Crippen molar-refractivity contribution in [3.8, 4) is 0 Å². The molecule has 0 N–H and O–H groups in total. The van der Waals surface area contributed by atoms with Crippen molar-refractivity contribution in [3.63, 3.8) is 0 Å². The predicted octanol–water partition coefficient (Wildman–Crippen LogP) is 0.670. The summed E-state index contributed by atoms with van der Waals surface area (Å²) in [5.41, 5.74) is 0. The van der Waals surface area contributed by atoms with E-state index in [-0.39, 0.29) is 5.91 Å². The normalized spacial score (nSPS) is 23.5. The number of rotatable bonds is 3. The van der Waals surface area contributed by atoms with E-state index in [9.17, 15) is 13.2 Å². The van der Waals surface area contributed by atoms with Gasteiger partial charge in [-0.2, -0.15) is 4.31 Å². The second-order valence-corrected chi connectivity index (χ2v) is 7.38. The van der Waals surface area contributed by atoms with Crippen molar-refractivity contribution in [1.82, 2.24) is 9.21 Å². The fourth-order valence-electron chi connectivity index (χ4n) is 2.86. The van der Waals surface area contributed by atoms with Crippen LogP contribution in [0.25, 0.3) is 0 Å². The van der Waals surface area contributed by atoms with Crippen LogP contribution in [0.3, 0.4) is 0 Å². The second kappa shape index (κ2) is 5.57. The number of nitrogens with zero attached hydrogens (tertiary/aromatic N) is 2. The Morgan fingerprint density at radius 3 is 2.17 bits per heavy atom. The number of amides is 1. The van der Waals surface area contributed by atoms with Crippen LogP contribution in [0.2, 0.25) is 0 Å². The largest absolute Gasteiger partial charge is 0.340 e. The first kappa shape index (κ1) is 13.8. The van der Waals surface area contributed by atoms with Gasteiger partial charge in [-0.15, -0.1) is 0 Å². The van der Waals surface area contributed by atoms with Crippen LogP contribution < -0.4 is 0 Å². The molecule has 1 saturated carbocycles. The van der Waals surface area contributed by atoms with Crippen molar-refractivity contribution < 1.29 is 13.2 Å². The summed E-state index contributed by atoms with van der Waals surface area (Å²) in [6.07, 6.45) is 6.73. The fourth-order valence-corrected chi connectivity index (χ4v) is 3.69. The van der Waals surface area contributed by atoms with Crippen molar-refractivity contribution in [2.75, 3.05) is 32.4 Å². The molecule has 0 aromatic carbocycles. The summed E-state index contributed by atoms with van der Waals surface area (Å²) in [7, 11) is -3.10. The van der Waals surface area contributed by atoms with Gasteiger partial charge in [0, 0.05) is 32.6 Å². The molecule has 2 aliphatic rings. The van der Waals surface area contributed by atoms with Crippen LogP contribution >= 0.6 is 0 Å². The van der Waals surface area contributed by atoms with E-state index in [2.05, 4.69) is 0 Å². The first-order valence-electron chi connectivity index (χ1n) is 6.70. The minimum atomic E-state index is -3.10. The average Bonchev–Trinajstić information content (AvgIpc) is 2.81. The van der Waals surface area contributed by atoms with Gasteiger partial charge < -0.3 is 4.90 Å². The van der Waals surface area contributed by atoms with Gasteiger partial charge >= 0.3 is 0 Å². The quantitative estimate of drug-likeness (QED) is 0.760. The summed E-state index contributed by atoms with van der Waals surface area (Å²) < 4.78 is 24.2. The summed E-state index contributed by atoms with van der Waals surface area (Å²) in [6, 6.07) is 0. The lowest BCUT2D eigenvalue weighted by atomic mass is 10.0. The van der Waals surface area contributed by atoms with Gasteiger partial charge in [-0.1, -0.05) is 12.8 Å². The molecule has 6 heteroatoms. The van der Waals surface area contributed by atoms with Gasteiger partial charge in [-0.25, -0.2) is 8.42 Å². The summed E-state index contributed by atoms with van der Waals surface area (Å²) in [6.45, 7) is 1.96. The Bertz CT molecular complexity index is 394. The molecule has 0 aromatic rings. The van der Waals surface area contributed by atoms with Crippen LogP contribution in [-0.2, 0) is 14.8 Å². The number of hydrogen-bond acceptors (Lipinski definition) is 3. The van der Waals surface area contributed by atoms with Crippen molar-refractivity contribution in [3.05, 3.63) is 0 Å². The lowest BCUT2D eigenvalue weighted by Crippen LogP contribution is -2.50. The highest BCUT2D eigenvalue weighted by atomic mass is 32.2. The van der Waals surface area contributed by atoms with Gasteiger partial charge in [0.15, 0.2) is 0 Å². The third kappa shape index (κ3) is 3.45. The number of piperazine rings is 1. The molecule has 0 aromatic heterocycles. The first-order chi connectivity index (χ1) is 8.47. The van der Waals surface area contributed by atoms with Crippen molar-refractivity contribution in [2.24, 2.45) is 5.92 Å². The zero-order chi connectivity index (χ0) is 13.2. The molecular formula is C12H22N2O3S. The monoisotopic (exact) mass is 274 g/mol. The summed E-state index contributed by atoms with van der Waals surface area (Å²) in [5, 5.41) is 0. The maximum absolute atomic E-state index is 12.1. The van der Waals surface area contributed by atoms with E-state index >= 15 is 0 Å². The summed E-state index contributed by atoms with van der Waals surface area (Å²) in [4.78, 5) is 13.9. The molecule has 2 fully saturated rings. The number of carbonyl (C=O) groups is 1. The van der Waals surface area contributed by atoms with E-state index < -0.39 is 10.0 Å². The average molecular weight is 274 g/mol. The predicted molar refractivity (Wildman–Crippen MR) is 69.6 cm³/mol. The zero-order valence-electron chi connectivity index (χ0n) is 11.0. The van der Waals surface area contributed by atoms with Gasteiger partial charge in [-0.05, 0) is 18.8 Å². The molecule has 1 amide bonds. The summed E-state index contributed by atoms with van der Waals surface area (Å²) in [5.74, 6) is 0.764. The first-order valence-corrected chi connectivity index (χ1v) is 8.54. The van der Waals surface area contributed by atoms with Gasteiger partial charge in [0.05, 0.1) is 6.26 Å². The third-order valence-electron chi connectivity index (χ3n) is 4.00. The molecule has 0 atom stereocenters. The molecule has 104 valence electrons. The third-order valence-corrected chi connectivity index (χ3v) is 5.30. The molecule has 1 heterocycles. The highest BCUT2D eigenvalue weighted by Crippen LogP contribution is 2.28. The summed E-state index contributed by atoms with van der Waals surface area (Å²) >= 11 is 0.